The number of aliphatic hydroxyl groups excluding tert-OH is 1. The van der Waals surface area contributed by atoms with Gasteiger partial charge >= 0.3 is 0 Å². The summed E-state index contributed by atoms with van der Waals surface area (Å²) >= 11 is 0. The summed E-state index contributed by atoms with van der Waals surface area (Å²) in [7, 11) is 1.42. The summed E-state index contributed by atoms with van der Waals surface area (Å²) in [6, 6.07) is 2.11. The van der Waals surface area contributed by atoms with Gasteiger partial charge in [-0.1, -0.05) is 0 Å². The normalized spacial score (nSPS) is 17.7. The Kier molecular flexibility index (Phi) is 4.77. The predicted molar refractivity (Wildman–Crippen MR) is 76.2 cm³/mol. The molecule has 2 N–H and O–H groups in total. The number of rotatable bonds is 3. The van der Waals surface area contributed by atoms with Gasteiger partial charge in [0.2, 0.25) is 0 Å². The van der Waals surface area contributed by atoms with Crippen molar-refractivity contribution in [3.05, 3.63) is 29.3 Å². The van der Waals surface area contributed by atoms with Gasteiger partial charge < -0.3 is 15.3 Å². The molecule has 4 nitrogen and oxygen atoms in total. The zero-order valence-corrected chi connectivity index (χ0v) is 12.2. The Morgan fingerprint density at radius 2 is 1.86 bits per heavy atom. The monoisotopic (exact) mass is 298 g/mol. The Balaban J connectivity index is 2.11. The van der Waals surface area contributed by atoms with Crippen molar-refractivity contribution >= 4 is 11.6 Å². The van der Waals surface area contributed by atoms with Gasteiger partial charge in [-0.25, -0.2) is 8.78 Å². The van der Waals surface area contributed by atoms with Crippen LogP contribution < -0.4 is 5.32 Å². The molecule has 1 aliphatic rings. The highest BCUT2D eigenvalue weighted by Crippen LogP contribution is 2.24. The SMILES string of the molecule is CNc1c(F)cc(C(=O)N2CCC(C(C)O)CC2)cc1F. The third-order valence-electron chi connectivity index (χ3n) is 4.05. The molecule has 0 aromatic heterocycles. The number of piperidine rings is 1. The second kappa shape index (κ2) is 6.39. The van der Waals surface area contributed by atoms with Crippen LogP contribution in [0.2, 0.25) is 0 Å². The molecule has 1 fully saturated rings. The minimum absolute atomic E-state index is 0.0134. The fourth-order valence-corrected chi connectivity index (χ4v) is 2.70. The number of halogens is 2. The van der Waals surface area contributed by atoms with Gasteiger partial charge in [0.1, 0.15) is 17.3 Å². The van der Waals surface area contributed by atoms with Crippen molar-refractivity contribution in [3.8, 4) is 0 Å². The van der Waals surface area contributed by atoms with Gasteiger partial charge in [-0.2, -0.15) is 0 Å². The molecule has 21 heavy (non-hydrogen) atoms. The zero-order valence-electron chi connectivity index (χ0n) is 12.2. The van der Waals surface area contributed by atoms with E-state index in [0.717, 1.165) is 12.1 Å². The van der Waals surface area contributed by atoms with Gasteiger partial charge in [0, 0.05) is 25.7 Å². The largest absolute Gasteiger partial charge is 0.393 e. The molecule has 1 atom stereocenters. The second-order valence-electron chi connectivity index (χ2n) is 5.44. The number of benzene rings is 1. The van der Waals surface area contributed by atoms with Crippen LogP contribution in [0.3, 0.4) is 0 Å². The van der Waals surface area contributed by atoms with E-state index in [1.807, 2.05) is 0 Å². The third-order valence-corrected chi connectivity index (χ3v) is 4.05. The van der Waals surface area contributed by atoms with Crippen molar-refractivity contribution < 1.29 is 18.7 Å². The average molecular weight is 298 g/mol. The van der Waals surface area contributed by atoms with E-state index in [-0.39, 0.29) is 23.1 Å². The average Bonchev–Trinajstić information content (AvgIpc) is 2.46. The first-order valence-electron chi connectivity index (χ1n) is 7.08. The molecule has 0 saturated carbocycles. The number of amides is 1. The lowest BCUT2D eigenvalue weighted by Crippen LogP contribution is -2.40. The number of aliphatic hydroxyl groups is 1. The Hall–Kier alpha value is -1.69. The molecule has 1 aromatic rings. The second-order valence-corrected chi connectivity index (χ2v) is 5.44. The first-order chi connectivity index (χ1) is 9.93. The molecule has 1 amide bonds. The van der Waals surface area contributed by atoms with E-state index < -0.39 is 17.7 Å². The lowest BCUT2D eigenvalue weighted by molar-refractivity contribution is 0.0521. The standard InChI is InChI=1S/C15H20F2N2O2/c1-9(20)10-3-5-19(6-4-10)15(21)11-7-12(16)14(18-2)13(17)8-11/h7-10,18,20H,3-6H2,1-2H3. The van der Waals surface area contributed by atoms with Crippen molar-refractivity contribution in [2.45, 2.75) is 25.9 Å². The number of anilines is 1. The minimum atomic E-state index is -0.778. The van der Waals surface area contributed by atoms with E-state index in [0.29, 0.717) is 25.9 Å². The molecule has 1 unspecified atom stereocenters. The molecular formula is C15H20F2N2O2. The van der Waals surface area contributed by atoms with Crippen LogP contribution in [0, 0.1) is 17.6 Å². The summed E-state index contributed by atoms with van der Waals surface area (Å²) in [6.07, 6.45) is 0.999. The van der Waals surface area contributed by atoms with E-state index in [4.69, 9.17) is 0 Å². The lowest BCUT2D eigenvalue weighted by Gasteiger charge is -2.33. The lowest BCUT2D eigenvalue weighted by atomic mass is 9.92. The minimum Gasteiger partial charge on any atom is -0.393 e. The number of nitrogens with one attached hydrogen (secondary N) is 1. The van der Waals surface area contributed by atoms with Crippen LogP contribution in [0.25, 0.3) is 0 Å². The quantitative estimate of drug-likeness (QED) is 0.900. The van der Waals surface area contributed by atoms with E-state index in [2.05, 4.69) is 5.32 Å². The van der Waals surface area contributed by atoms with Crippen molar-refractivity contribution in [1.29, 1.82) is 0 Å². The molecule has 0 bridgehead atoms. The molecule has 1 aliphatic heterocycles. The van der Waals surface area contributed by atoms with Crippen LogP contribution in [0.5, 0.6) is 0 Å². The summed E-state index contributed by atoms with van der Waals surface area (Å²) in [5, 5.41) is 12.0. The van der Waals surface area contributed by atoms with Crippen LogP contribution in [-0.2, 0) is 0 Å². The zero-order chi connectivity index (χ0) is 15.6. The smallest absolute Gasteiger partial charge is 0.254 e. The maximum absolute atomic E-state index is 13.7. The van der Waals surface area contributed by atoms with Crippen LogP contribution in [0.4, 0.5) is 14.5 Å². The Labute approximate surface area is 122 Å². The number of hydrogen-bond donors (Lipinski definition) is 2. The van der Waals surface area contributed by atoms with Gasteiger partial charge in [0.15, 0.2) is 0 Å². The van der Waals surface area contributed by atoms with Crippen molar-refractivity contribution in [2.24, 2.45) is 5.92 Å². The number of carbonyl (C=O) groups excluding carboxylic acids is 1. The molecule has 1 saturated heterocycles. The van der Waals surface area contributed by atoms with E-state index >= 15 is 0 Å². The number of likely N-dealkylation sites (tertiary alicyclic amines) is 1. The van der Waals surface area contributed by atoms with E-state index in [1.165, 1.54) is 7.05 Å². The van der Waals surface area contributed by atoms with E-state index in [9.17, 15) is 18.7 Å². The molecule has 0 spiro atoms. The first-order valence-corrected chi connectivity index (χ1v) is 7.08. The van der Waals surface area contributed by atoms with Crippen molar-refractivity contribution in [3.63, 3.8) is 0 Å². The van der Waals surface area contributed by atoms with E-state index in [1.54, 1.807) is 11.8 Å². The summed E-state index contributed by atoms with van der Waals surface area (Å²) < 4.78 is 27.4. The molecule has 2 rings (SSSR count). The molecule has 1 aromatic carbocycles. The fourth-order valence-electron chi connectivity index (χ4n) is 2.70. The maximum Gasteiger partial charge on any atom is 0.254 e. The number of nitrogens with zero attached hydrogens (tertiary/aromatic N) is 1. The van der Waals surface area contributed by atoms with Gasteiger partial charge in [-0.3, -0.25) is 4.79 Å². The summed E-state index contributed by atoms with van der Waals surface area (Å²) in [5.41, 5.74) is -0.223. The highest BCUT2D eigenvalue weighted by atomic mass is 19.1. The third kappa shape index (κ3) is 3.32. The molecule has 6 heteroatoms. The van der Waals surface area contributed by atoms with Gasteiger partial charge in [0.05, 0.1) is 6.10 Å². The summed E-state index contributed by atoms with van der Waals surface area (Å²) in [5.74, 6) is -1.76. The maximum atomic E-state index is 13.7. The van der Waals surface area contributed by atoms with Crippen molar-refractivity contribution in [2.75, 3.05) is 25.5 Å². The Morgan fingerprint density at radius 3 is 2.29 bits per heavy atom. The van der Waals surface area contributed by atoms with Gasteiger partial charge in [0.25, 0.3) is 5.91 Å². The number of carbonyl (C=O) groups is 1. The topological polar surface area (TPSA) is 52.6 Å². The molecular weight excluding hydrogens is 278 g/mol. The molecule has 0 aliphatic carbocycles. The molecule has 1 heterocycles. The Morgan fingerprint density at radius 1 is 1.33 bits per heavy atom. The summed E-state index contributed by atoms with van der Waals surface area (Å²) in [4.78, 5) is 13.9. The highest BCUT2D eigenvalue weighted by Gasteiger charge is 2.27. The summed E-state index contributed by atoms with van der Waals surface area (Å²) in [6.45, 7) is 2.72. The molecule has 0 radical (unpaired) electrons. The van der Waals surface area contributed by atoms with Crippen LogP contribution >= 0.6 is 0 Å². The fraction of sp³-hybridized carbons (Fsp3) is 0.533. The molecule has 116 valence electrons. The van der Waals surface area contributed by atoms with Crippen molar-refractivity contribution in [1.82, 2.24) is 4.90 Å². The van der Waals surface area contributed by atoms with Crippen LogP contribution in [-0.4, -0.2) is 42.2 Å². The van der Waals surface area contributed by atoms with Gasteiger partial charge in [-0.05, 0) is 37.8 Å². The first kappa shape index (κ1) is 15.7. The van der Waals surface area contributed by atoms with Crippen LogP contribution in [0.15, 0.2) is 12.1 Å². The Bertz CT molecular complexity index is 503. The predicted octanol–water partition coefficient (Wildman–Crippen LogP) is 2.24. The van der Waals surface area contributed by atoms with Crippen LogP contribution in [0.1, 0.15) is 30.1 Å². The number of hydrogen-bond acceptors (Lipinski definition) is 3. The highest BCUT2D eigenvalue weighted by molar-refractivity contribution is 5.94. The van der Waals surface area contributed by atoms with Gasteiger partial charge in [-0.15, -0.1) is 0 Å².